The Balaban J connectivity index is 1.64. The van der Waals surface area contributed by atoms with Gasteiger partial charge in [-0.2, -0.15) is 0 Å². The molecule has 1 saturated heterocycles. The molecule has 1 fully saturated rings. The third-order valence-corrected chi connectivity index (χ3v) is 6.83. The number of rotatable bonds is 7. The van der Waals surface area contributed by atoms with Gasteiger partial charge in [-0.15, -0.1) is 11.3 Å². The number of thiazole rings is 1. The Labute approximate surface area is 188 Å². The smallest absolute Gasteiger partial charge is 0.240 e. The zero-order valence-electron chi connectivity index (χ0n) is 18.9. The molecule has 1 unspecified atom stereocenters. The van der Waals surface area contributed by atoms with Crippen LogP contribution in [0.2, 0.25) is 0 Å². The van der Waals surface area contributed by atoms with Crippen LogP contribution in [0.1, 0.15) is 38.4 Å². The maximum atomic E-state index is 13.1. The highest BCUT2D eigenvalue weighted by Crippen LogP contribution is 2.28. The highest BCUT2D eigenvalue weighted by atomic mass is 32.1. The third kappa shape index (κ3) is 5.51. The number of aliphatic hydroxyl groups excluding tert-OH is 2. The van der Waals surface area contributed by atoms with E-state index in [9.17, 15) is 15.0 Å². The van der Waals surface area contributed by atoms with Crippen LogP contribution in [0.4, 0.5) is 0 Å². The molecule has 2 heterocycles. The minimum Gasteiger partial charge on any atom is -0.391 e. The van der Waals surface area contributed by atoms with Gasteiger partial charge in [-0.3, -0.25) is 10.1 Å². The van der Waals surface area contributed by atoms with Crippen LogP contribution in [0.15, 0.2) is 29.8 Å². The lowest BCUT2D eigenvalue weighted by Crippen LogP contribution is -2.56. The Morgan fingerprint density at radius 3 is 2.55 bits per heavy atom. The second kappa shape index (κ2) is 9.75. The van der Waals surface area contributed by atoms with Crippen LogP contribution in [-0.4, -0.2) is 64.0 Å². The molecular weight excluding hydrogens is 412 g/mol. The number of aromatic nitrogens is 1. The molecule has 0 aliphatic carbocycles. The van der Waals surface area contributed by atoms with E-state index in [2.05, 4.69) is 27.8 Å². The predicted molar refractivity (Wildman–Crippen MR) is 124 cm³/mol. The van der Waals surface area contributed by atoms with E-state index < -0.39 is 24.4 Å². The maximum Gasteiger partial charge on any atom is 0.240 e. The first-order valence-electron chi connectivity index (χ1n) is 10.7. The molecule has 0 bridgehead atoms. The van der Waals surface area contributed by atoms with Gasteiger partial charge in [0, 0.05) is 13.1 Å². The van der Waals surface area contributed by atoms with Crippen molar-refractivity contribution < 1.29 is 15.0 Å². The van der Waals surface area contributed by atoms with Crippen LogP contribution < -0.4 is 10.6 Å². The summed E-state index contributed by atoms with van der Waals surface area (Å²) in [6.45, 7) is 8.70. The molecule has 0 saturated carbocycles. The largest absolute Gasteiger partial charge is 0.391 e. The van der Waals surface area contributed by atoms with Gasteiger partial charge in [0.1, 0.15) is 6.23 Å². The van der Waals surface area contributed by atoms with Crippen LogP contribution in [0.5, 0.6) is 0 Å². The molecule has 3 rings (SSSR count). The number of likely N-dealkylation sites (N-methyl/N-ethyl adjacent to an activating group) is 1. The fourth-order valence-electron chi connectivity index (χ4n) is 4.20. The monoisotopic (exact) mass is 446 g/mol. The fourth-order valence-corrected chi connectivity index (χ4v) is 5.01. The molecule has 0 radical (unpaired) electrons. The first-order chi connectivity index (χ1) is 14.6. The zero-order valence-corrected chi connectivity index (χ0v) is 19.7. The van der Waals surface area contributed by atoms with Crippen LogP contribution in [-0.2, 0) is 11.3 Å². The summed E-state index contributed by atoms with van der Waals surface area (Å²) in [6, 6.07) is 7.30. The summed E-state index contributed by atoms with van der Waals surface area (Å²) in [5, 5.41) is 27.2. The van der Waals surface area contributed by atoms with Gasteiger partial charge in [0.2, 0.25) is 5.91 Å². The number of carbonyl (C=O) groups is 1. The van der Waals surface area contributed by atoms with Gasteiger partial charge in [0.05, 0.1) is 34.3 Å². The number of carbonyl (C=O) groups excluding carboxylic acids is 1. The van der Waals surface area contributed by atoms with Gasteiger partial charge in [0.25, 0.3) is 0 Å². The van der Waals surface area contributed by atoms with E-state index in [0.29, 0.717) is 13.0 Å². The lowest BCUT2D eigenvalue weighted by atomic mass is 9.85. The summed E-state index contributed by atoms with van der Waals surface area (Å²) < 4.78 is 0. The number of likely N-dealkylation sites (tertiary alicyclic amines) is 1. The lowest BCUT2D eigenvalue weighted by Gasteiger charge is -2.36. The summed E-state index contributed by atoms with van der Waals surface area (Å²) in [4.78, 5) is 20.2. The number of aliphatic hydroxyl groups is 2. The van der Waals surface area contributed by atoms with Crippen LogP contribution >= 0.6 is 11.3 Å². The SMILES string of the molecule is CN[C@H](C(=O)N1C[C@H](O)C[C@H]1C(O)NCc1ccc(-c2scnc2C)cc1)C(C)(C)C. The molecule has 1 aromatic heterocycles. The van der Waals surface area contributed by atoms with Gasteiger partial charge >= 0.3 is 0 Å². The van der Waals surface area contributed by atoms with E-state index in [4.69, 9.17) is 0 Å². The molecule has 4 atom stereocenters. The summed E-state index contributed by atoms with van der Waals surface area (Å²) in [7, 11) is 1.77. The molecular formula is C23H34N4O3S. The fraction of sp³-hybridized carbons (Fsp3) is 0.565. The lowest BCUT2D eigenvalue weighted by molar-refractivity contribution is -0.139. The molecule has 1 amide bonds. The van der Waals surface area contributed by atoms with Crippen molar-refractivity contribution in [2.75, 3.05) is 13.6 Å². The number of hydrogen-bond acceptors (Lipinski definition) is 7. The molecule has 4 N–H and O–H groups in total. The van der Waals surface area contributed by atoms with Gasteiger partial charge in [0.15, 0.2) is 0 Å². The minimum atomic E-state index is -0.929. The maximum absolute atomic E-state index is 13.1. The van der Waals surface area contributed by atoms with Crippen molar-refractivity contribution in [2.45, 2.75) is 65.1 Å². The summed E-state index contributed by atoms with van der Waals surface area (Å²) in [5.41, 5.74) is 4.74. The van der Waals surface area contributed by atoms with E-state index in [1.54, 1.807) is 23.3 Å². The van der Waals surface area contributed by atoms with E-state index in [-0.39, 0.29) is 17.9 Å². The number of β-amino-alcohol motifs (C(OH)–C–C–N with tert-alkyl or cyclic N) is 1. The van der Waals surface area contributed by atoms with E-state index in [1.165, 1.54) is 0 Å². The molecule has 31 heavy (non-hydrogen) atoms. The molecule has 2 aromatic rings. The van der Waals surface area contributed by atoms with Gasteiger partial charge in [-0.25, -0.2) is 4.98 Å². The number of benzene rings is 1. The van der Waals surface area contributed by atoms with Crippen molar-refractivity contribution in [3.8, 4) is 10.4 Å². The molecule has 7 nitrogen and oxygen atoms in total. The molecule has 0 spiro atoms. The second-order valence-corrected chi connectivity index (χ2v) is 10.2. The van der Waals surface area contributed by atoms with E-state index in [0.717, 1.165) is 21.7 Å². The Hall–Kier alpha value is -1.84. The van der Waals surface area contributed by atoms with Crippen LogP contribution in [0.25, 0.3) is 10.4 Å². The Kier molecular flexibility index (Phi) is 7.49. The number of amides is 1. The topological polar surface area (TPSA) is 97.7 Å². The standard InChI is InChI=1S/C23H34N4O3S/c1-14-19(31-13-26-14)16-8-6-15(7-9-16)11-25-21(29)18-10-17(28)12-27(18)22(30)20(24-5)23(2,3)4/h6-9,13,17-18,20-21,24-25,28-29H,10-12H2,1-5H3/t17-,18+,20-,21?/m1/s1. The number of nitrogens with zero attached hydrogens (tertiary/aromatic N) is 2. The summed E-state index contributed by atoms with van der Waals surface area (Å²) >= 11 is 1.62. The van der Waals surface area contributed by atoms with E-state index >= 15 is 0 Å². The molecule has 1 aliphatic heterocycles. The van der Waals surface area contributed by atoms with Gasteiger partial charge in [-0.05, 0) is 36.9 Å². The van der Waals surface area contributed by atoms with Crippen molar-refractivity contribution in [1.82, 2.24) is 20.5 Å². The Morgan fingerprint density at radius 2 is 2.00 bits per heavy atom. The predicted octanol–water partition coefficient (Wildman–Crippen LogP) is 2.12. The highest BCUT2D eigenvalue weighted by Gasteiger charge is 2.43. The molecule has 170 valence electrons. The minimum absolute atomic E-state index is 0.0957. The quantitative estimate of drug-likeness (QED) is 0.487. The van der Waals surface area contributed by atoms with Crippen molar-refractivity contribution >= 4 is 17.2 Å². The molecule has 8 heteroatoms. The molecule has 1 aliphatic rings. The Morgan fingerprint density at radius 1 is 1.32 bits per heavy atom. The van der Waals surface area contributed by atoms with Crippen molar-refractivity contribution in [2.24, 2.45) is 5.41 Å². The normalized spacial score (nSPS) is 21.3. The summed E-state index contributed by atoms with van der Waals surface area (Å²) in [5.74, 6) is -0.0957. The first-order valence-corrected chi connectivity index (χ1v) is 11.6. The van der Waals surface area contributed by atoms with E-state index in [1.807, 2.05) is 45.3 Å². The first kappa shape index (κ1) is 23.8. The average Bonchev–Trinajstić information content (AvgIpc) is 3.31. The zero-order chi connectivity index (χ0) is 22.8. The Bertz CT molecular complexity index is 878. The van der Waals surface area contributed by atoms with Crippen LogP contribution in [0.3, 0.4) is 0 Å². The highest BCUT2D eigenvalue weighted by molar-refractivity contribution is 7.13. The van der Waals surface area contributed by atoms with Crippen molar-refractivity contribution in [3.63, 3.8) is 0 Å². The number of nitrogens with one attached hydrogen (secondary N) is 2. The second-order valence-electron chi connectivity index (χ2n) is 9.32. The molecule has 1 aromatic carbocycles. The number of hydrogen-bond donors (Lipinski definition) is 4. The third-order valence-electron chi connectivity index (χ3n) is 5.85. The summed E-state index contributed by atoms with van der Waals surface area (Å²) in [6.07, 6.45) is -1.21. The van der Waals surface area contributed by atoms with Crippen LogP contribution in [0, 0.1) is 12.3 Å². The average molecular weight is 447 g/mol. The van der Waals surface area contributed by atoms with Crippen molar-refractivity contribution in [1.29, 1.82) is 0 Å². The van der Waals surface area contributed by atoms with Gasteiger partial charge in [-0.1, -0.05) is 45.0 Å². The van der Waals surface area contributed by atoms with Gasteiger partial charge < -0.3 is 20.4 Å². The van der Waals surface area contributed by atoms with Crippen molar-refractivity contribution in [3.05, 3.63) is 41.0 Å². The number of aryl methyl sites for hydroxylation is 1.